The Bertz CT molecular complexity index is 1270. The van der Waals surface area contributed by atoms with Crippen LogP contribution < -0.4 is 14.8 Å². The summed E-state index contributed by atoms with van der Waals surface area (Å²) in [6.45, 7) is 5.57. The summed E-state index contributed by atoms with van der Waals surface area (Å²) in [5, 5.41) is 3.09. The topological polar surface area (TPSA) is 109 Å². The zero-order valence-electron chi connectivity index (χ0n) is 20.4. The molecule has 1 aromatic carbocycles. The van der Waals surface area contributed by atoms with Crippen molar-refractivity contribution in [3.05, 3.63) is 35.8 Å². The molecule has 3 heterocycles. The molecule has 1 saturated carbocycles. The largest absolute Gasteiger partial charge is 0.497 e. The molecule has 35 heavy (non-hydrogen) atoms. The lowest BCUT2D eigenvalue weighted by atomic mass is 10.1. The molecule has 9 nitrogen and oxygen atoms in total. The molecule has 1 saturated heterocycles. The molecule has 3 aromatic rings. The van der Waals surface area contributed by atoms with Gasteiger partial charge in [0.1, 0.15) is 29.0 Å². The number of likely N-dealkylation sites (tertiary alicyclic amines) is 1. The Morgan fingerprint density at radius 2 is 2.06 bits per heavy atom. The van der Waals surface area contributed by atoms with E-state index in [0.717, 1.165) is 12.0 Å². The van der Waals surface area contributed by atoms with Gasteiger partial charge in [-0.3, -0.25) is 9.59 Å². The molecule has 2 fully saturated rings. The molecular formula is C26H31N5O4. The average Bonchev–Trinajstić information content (AvgIpc) is 3.47. The van der Waals surface area contributed by atoms with E-state index in [1.807, 2.05) is 32.0 Å². The van der Waals surface area contributed by atoms with Crippen LogP contribution in [0.25, 0.3) is 22.3 Å². The third-order valence-corrected chi connectivity index (χ3v) is 6.79. The molecule has 1 aliphatic heterocycles. The standard InChI is InChI=1S/C26H31N5O4/c1-4-21(32)31-10-9-17(12-31)30-26(33)22-15(2)29-25-23(27-14-28-24(22)25)19-8-7-18(34-3)11-20(19)35-13-16-5-6-16/h7-8,11,14,16-17,29H,4-6,9-10,12-13H2,1-3H3,(H,30,33). The number of nitrogens with zero attached hydrogens (tertiary/aromatic N) is 3. The molecule has 5 rings (SSSR count). The number of benzene rings is 1. The molecule has 184 valence electrons. The van der Waals surface area contributed by atoms with Crippen LogP contribution in [0.5, 0.6) is 11.5 Å². The molecule has 9 heteroatoms. The van der Waals surface area contributed by atoms with Crippen molar-refractivity contribution in [2.75, 3.05) is 26.8 Å². The van der Waals surface area contributed by atoms with Gasteiger partial charge < -0.3 is 24.7 Å². The van der Waals surface area contributed by atoms with Crippen molar-refractivity contribution in [2.45, 2.75) is 45.6 Å². The molecule has 0 bridgehead atoms. The van der Waals surface area contributed by atoms with Crippen LogP contribution in [0.4, 0.5) is 0 Å². The van der Waals surface area contributed by atoms with Crippen molar-refractivity contribution >= 4 is 22.8 Å². The Morgan fingerprint density at radius 3 is 2.80 bits per heavy atom. The predicted octanol–water partition coefficient (Wildman–Crippen LogP) is 3.47. The van der Waals surface area contributed by atoms with Gasteiger partial charge in [-0.2, -0.15) is 0 Å². The second kappa shape index (κ2) is 9.56. The fourth-order valence-electron chi connectivity index (χ4n) is 4.63. The molecule has 2 aliphatic rings. The zero-order valence-corrected chi connectivity index (χ0v) is 20.4. The first-order valence-electron chi connectivity index (χ1n) is 12.2. The van der Waals surface area contributed by atoms with Gasteiger partial charge in [0.05, 0.1) is 24.8 Å². The van der Waals surface area contributed by atoms with Crippen molar-refractivity contribution in [3.63, 3.8) is 0 Å². The van der Waals surface area contributed by atoms with Crippen LogP contribution in [0.15, 0.2) is 24.5 Å². The number of hydrogen-bond donors (Lipinski definition) is 2. The summed E-state index contributed by atoms with van der Waals surface area (Å²) in [6.07, 6.45) is 5.08. The van der Waals surface area contributed by atoms with Gasteiger partial charge in [-0.1, -0.05) is 6.92 Å². The summed E-state index contributed by atoms with van der Waals surface area (Å²) >= 11 is 0. The van der Waals surface area contributed by atoms with Gasteiger partial charge >= 0.3 is 0 Å². The van der Waals surface area contributed by atoms with Crippen LogP contribution in [-0.2, 0) is 4.79 Å². The van der Waals surface area contributed by atoms with E-state index in [4.69, 9.17) is 9.47 Å². The molecule has 0 spiro atoms. The van der Waals surface area contributed by atoms with E-state index in [1.54, 1.807) is 12.0 Å². The van der Waals surface area contributed by atoms with E-state index >= 15 is 0 Å². The van der Waals surface area contributed by atoms with Crippen molar-refractivity contribution in [1.29, 1.82) is 0 Å². The van der Waals surface area contributed by atoms with E-state index in [-0.39, 0.29) is 17.9 Å². The predicted molar refractivity (Wildman–Crippen MR) is 132 cm³/mol. The number of aromatic amines is 1. The van der Waals surface area contributed by atoms with Gasteiger partial charge in [0.2, 0.25) is 5.91 Å². The van der Waals surface area contributed by atoms with E-state index in [2.05, 4.69) is 20.3 Å². The molecule has 1 atom stereocenters. The SMILES string of the molecule is CCC(=O)N1CCC(NC(=O)c2c(C)[nH]c3c(-c4ccc(OC)cc4OCC4CC4)ncnc23)C1. The summed E-state index contributed by atoms with van der Waals surface area (Å²) in [7, 11) is 1.63. The third-order valence-electron chi connectivity index (χ3n) is 6.79. The lowest BCUT2D eigenvalue weighted by Gasteiger charge is -2.16. The number of amides is 2. The Labute approximate surface area is 204 Å². The molecule has 2 N–H and O–H groups in total. The lowest BCUT2D eigenvalue weighted by Crippen LogP contribution is -2.38. The summed E-state index contributed by atoms with van der Waals surface area (Å²) in [6, 6.07) is 5.60. The summed E-state index contributed by atoms with van der Waals surface area (Å²) in [5.41, 5.74) is 3.95. The van der Waals surface area contributed by atoms with Crippen molar-refractivity contribution in [2.24, 2.45) is 5.92 Å². The number of methoxy groups -OCH3 is 1. The second-order valence-electron chi connectivity index (χ2n) is 9.34. The first-order chi connectivity index (χ1) is 17.0. The first kappa shape index (κ1) is 23.1. The first-order valence-corrected chi connectivity index (χ1v) is 12.2. The van der Waals surface area contributed by atoms with Crippen LogP contribution in [-0.4, -0.2) is 64.5 Å². The minimum absolute atomic E-state index is 0.0762. The van der Waals surface area contributed by atoms with Gasteiger partial charge in [0.15, 0.2) is 0 Å². The van der Waals surface area contributed by atoms with Gasteiger partial charge in [0.25, 0.3) is 5.91 Å². The number of fused-ring (bicyclic) bond motifs is 1. The fourth-order valence-corrected chi connectivity index (χ4v) is 4.63. The number of carbonyl (C=O) groups is 2. The van der Waals surface area contributed by atoms with Gasteiger partial charge in [-0.15, -0.1) is 0 Å². The van der Waals surface area contributed by atoms with Gasteiger partial charge in [0, 0.05) is 42.9 Å². The van der Waals surface area contributed by atoms with Gasteiger partial charge in [-0.05, 0) is 44.2 Å². The van der Waals surface area contributed by atoms with Crippen LogP contribution in [0, 0.1) is 12.8 Å². The zero-order chi connectivity index (χ0) is 24.5. The lowest BCUT2D eigenvalue weighted by molar-refractivity contribution is -0.129. The molecule has 2 amide bonds. The van der Waals surface area contributed by atoms with Crippen LogP contribution in [0.3, 0.4) is 0 Å². The maximum absolute atomic E-state index is 13.3. The van der Waals surface area contributed by atoms with Crippen LogP contribution >= 0.6 is 0 Å². The molecule has 1 unspecified atom stereocenters. The highest BCUT2D eigenvalue weighted by molar-refractivity contribution is 6.09. The maximum Gasteiger partial charge on any atom is 0.255 e. The summed E-state index contributed by atoms with van der Waals surface area (Å²) in [5.74, 6) is 1.92. The van der Waals surface area contributed by atoms with Crippen molar-refractivity contribution < 1.29 is 19.1 Å². The monoisotopic (exact) mass is 477 g/mol. The number of carbonyl (C=O) groups excluding carboxylic acids is 2. The summed E-state index contributed by atoms with van der Waals surface area (Å²) in [4.78, 5) is 39.4. The van der Waals surface area contributed by atoms with Crippen LogP contribution in [0.2, 0.25) is 0 Å². The maximum atomic E-state index is 13.3. The van der Waals surface area contributed by atoms with Crippen molar-refractivity contribution in [1.82, 2.24) is 25.2 Å². The van der Waals surface area contributed by atoms with Gasteiger partial charge in [-0.25, -0.2) is 9.97 Å². The summed E-state index contributed by atoms with van der Waals surface area (Å²) < 4.78 is 11.6. The minimum atomic E-state index is -0.200. The molecule has 2 aromatic heterocycles. The number of hydrogen-bond acceptors (Lipinski definition) is 6. The molecule has 1 aliphatic carbocycles. The molecular weight excluding hydrogens is 446 g/mol. The normalized spacial score (nSPS) is 17.6. The van der Waals surface area contributed by atoms with Crippen LogP contribution in [0.1, 0.15) is 48.7 Å². The van der Waals surface area contributed by atoms with E-state index in [0.29, 0.717) is 71.5 Å². The average molecular weight is 478 g/mol. The van der Waals surface area contributed by atoms with E-state index in [9.17, 15) is 9.59 Å². The van der Waals surface area contributed by atoms with Crippen molar-refractivity contribution in [3.8, 4) is 22.8 Å². The Kier molecular flexibility index (Phi) is 6.32. The number of aryl methyl sites for hydroxylation is 1. The number of ether oxygens (including phenoxy) is 2. The number of rotatable bonds is 8. The fraction of sp³-hybridized carbons (Fsp3) is 0.462. The highest BCUT2D eigenvalue weighted by Crippen LogP contribution is 2.38. The molecule has 0 radical (unpaired) electrons. The Hall–Kier alpha value is -3.62. The Morgan fingerprint density at radius 1 is 1.23 bits per heavy atom. The highest BCUT2D eigenvalue weighted by Gasteiger charge is 2.29. The Balaban J connectivity index is 1.45. The van der Waals surface area contributed by atoms with E-state index < -0.39 is 0 Å². The highest BCUT2D eigenvalue weighted by atomic mass is 16.5. The number of nitrogens with one attached hydrogen (secondary N) is 2. The number of aromatic nitrogens is 3. The second-order valence-corrected chi connectivity index (χ2v) is 9.34. The quantitative estimate of drug-likeness (QED) is 0.514. The van der Waals surface area contributed by atoms with E-state index in [1.165, 1.54) is 19.2 Å². The third kappa shape index (κ3) is 4.67. The number of H-pyrrole nitrogens is 1. The smallest absolute Gasteiger partial charge is 0.255 e. The minimum Gasteiger partial charge on any atom is -0.497 e.